The lowest BCUT2D eigenvalue weighted by molar-refractivity contribution is 0.238. The molecule has 1 saturated carbocycles. The first-order chi connectivity index (χ1) is 12.3. The van der Waals surface area contributed by atoms with Gasteiger partial charge in [-0.25, -0.2) is 4.79 Å². The Hall–Kier alpha value is -1.77. The number of aryl methyl sites for hydroxylation is 1. The Morgan fingerprint density at radius 1 is 0.920 bits per heavy atom. The highest BCUT2D eigenvalue weighted by Gasteiger charge is 2.11. The number of urea groups is 1. The van der Waals surface area contributed by atoms with Crippen LogP contribution in [0, 0.1) is 6.92 Å². The van der Waals surface area contributed by atoms with E-state index in [0.717, 1.165) is 18.4 Å². The molecule has 0 heterocycles. The average molecular weight is 343 g/mol. The van der Waals surface area contributed by atoms with Crippen molar-refractivity contribution < 1.29 is 4.79 Å². The molecular weight excluding hydrogens is 308 g/mol. The number of hydrogen-bond acceptors (Lipinski definition) is 1. The van der Waals surface area contributed by atoms with E-state index in [1.165, 1.54) is 63.4 Å². The molecule has 0 bridgehead atoms. The van der Waals surface area contributed by atoms with Crippen molar-refractivity contribution in [3.63, 3.8) is 0 Å². The van der Waals surface area contributed by atoms with Crippen molar-refractivity contribution in [1.29, 1.82) is 0 Å². The summed E-state index contributed by atoms with van der Waals surface area (Å²) in [6.07, 6.45) is 17.8. The Labute approximate surface area is 153 Å². The summed E-state index contributed by atoms with van der Waals surface area (Å²) in [5.74, 6) is 0. The molecule has 25 heavy (non-hydrogen) atoms. The van der Waals surface area contributed by atoms with Gasteiger partial charge in [0.2, 0.25) is 0 Å². The van der Waals surface area contributed by atoms with Crippen molar-refractivity contribution in [1.82, 2.24) is 10.6 Å². The molecule has 138 valence electrons. The number of nitrogens with one attached hydrogen (secondary N) is 2. The molecule has 0 aliphatic heterocycles. The third-order valence-electron chi connectivity index (χ3n) is 5.11. The van der Waals surface area contributed by atoms with Gasteiger partial charge in [0.1, 0.15) is 0 Å². The first-order valence-corrected chi connectivity index (χ1v) is 10.0. The number of carbonyl (C=O) groups is 1. The smallest absolute Gasteiger partial charge is 0.318 e. The minimum atomic E-state index is -0.0815. The highest BCUT2D eigenvalue weighted by molar-refractivity contribution is 5.76. The summed E-state index contributed by atoms with van der Waals surface area (Å²) < 4.78 is 0. The van der Waals surface area contributed by atoms with Crippen molar-refractivity contribution >= 4 is 12.1 Å². The first kappa shape index (κ1) is 19.6. The van der Waals surface area contributed by atoms with Crippen molar-refractivity contribution in [2.24, 2.45) is 0 Å². The van der Waals surface area contributed by atoms with Crippen LogP contribution in [0.2, 0.25) is 0 Å². The Bertz CT molecular complexity index is 527. The van der Waals surface area contributed by atoms with Crippen LogP contribution in [0.3, 0.4) is 0 Å². The molecule has 2 rings (SSSR count). The Morgan fingerprint density at radius 2 is 1.48 bits per heavy atom. The largest absolute Gasteiger partial charge is 0.335 e. The molecule has 3 heteroatoms. The van der Waals surface area contributed by atoms with Gasteiger partial charge in [-0.05, 0) is 37.0 Å². The molecule has 2 amide bonds. The molecule has 1 aliphatic rings. The Kier molecular flexibility index (Phi) is 9.17. The molecule has 0 radical (unpaired) electrons. The molecule has 2 N–H and O–H groups in total. The molecule has 1 fully saturated rings. The predicted molar refractivity (Wildman–Crippen MR) is 106 cm³/mol. The summed E-state index contributed by atoms with van der Waals surface area (Å²) in [4.78, 5) is 12.2. The van der Waals surface area contributed by atoms with Crippen LogP contribution in [-0.2, 0) is 0 Å². The normalized spacial score (nSPS) is 18.3. The van der Waals surface area contributed by atoms with Crippen molar-refractivity contribution in [3.05, 3.63) is 41.6 Å². The van der Waals surface area contributed by atoms with Gasteiger partial charge < -0.3 is 10.6 Å². The molecule has 0 saturated heterocycles. The fraction of sp³-hybridized carbons (Fsp3) is 0.591. The highest BCUT2D eigenvalue weighted by Crippen LogP contribution is 2.17. The van der Waals surface area contributed by atoms with Gasteiger partial charge in [-0.1, -0.05) is 82.1 Å². The Balaban J connectivity index is 1.77. The number of carbonyl (C=O) groups excluding carboxylic acids is 1. The second kappa shape index (κ2) is 11.7. The van der Waals surface area contributed by atoms with E-state index in [1.807, 2.05) is 18.2 Å². The second-order valence-electron chi connectivity index (χ2n) is 7.26. The van der Waals surface area contributed by atoms with Gasteiger partial charge in [0, 0.05) is 12.2 Å². The molecule has 0 spiro atoms. The van der Waals surface area contributed by atoms with Gasteiger partial charge in [0.05, 0.1) is 0 Å². The quantitative estimate of drug-likeness (QED) is 0.701. The van der Waals surface area contributed by atoms with Gasteiger partial charge in [-0.3, -0.25) is 0 Å². The topological polar surface area (TPSA) is 41.1 Å². The Morgan fingerprint density at radius 3 is 2.08 bits per heavy atom. The lowest BCUT2D eigenvalue weighted by atomic mass is 9.98. The van der Waals surface area contributed by atoms with Crippen LogP contribution in [-0.4, -0.2) is 12.1 Å². The summed E-state index contributed by atoms with van der Waals surface area (Å²) in [5, 5.41) is 6.03. The van der Waals surface area contributed by atoms with E-state index in [9.17, 15) is 4.79 Å². The second-order valence-corrected chi connectivity index (χ2v) is 7.26. The summed E-state index contributed by atoms with van der Waals surface area (Å²) in [6.45, 7) is 2.07. The first-order valence-electron chi connectivity index (χ1n) is 10.0. The van der Waals surface area contributed by atoms with E-state index in [1.54, 1.807) is 6.20 Å². The van der Waals surface area contributed by atoms with Crippen LogP contribution < -0.4 is 10.6 Å². The third-order valence-corrected chi connectivity index (χ3v) is 5.11. The maximum atomic E-state index is 12.2. The lowest BCUT2D eigenvalue weighted by Crippen LogP contribution is -2.40. The minimum absolute atomic E-state index is 0.0815. The molecule has 0 aromatic heterocycles. The fourth-order valence-electron chi connectivity index (χ4n) is 3.52. The lowest BCUT2D eigenvalue weighted by Gasteiger charge is -2.19. The van der Waals surface area contributed by atoms with Crippen LogP contribution in [0.25, 0.3) is 6.08 Å². The van der Waals surface area contributed by atoms with E-state index in [4.69, 9.17) is 0 Å². The maximum absolute atomic E-state index is 12.2. The van der Waals surface area contributed by atoms with Gasteiger partial charge in [0.15, 0.2) is 0 Å². The van der Waals surface area contributed by atoms with Crippen molar-refractivity contribution in [3.8, 4) is 0 Å². The van der Waals surface area contributed by atoms with E-state index in [0.29, 0.717) is 6.04 Å². The van der Waals surface area contributed by atoms with E-state index in [-0.39, 0.29) is 6.03 Å². The zero-order valence-electron chi connectivity index (χ0n) is 15.7. The average Bonchev–Trinajstić information content (AvgIpc) is 2.59. The van der Waals surface area contributed by atoms with E-state index in [2.05, 4.69) is 29.7 Å². The zero-order valence-corrected chi connectivity index (χ0v) is 15.7. The number of benzene rings is 1. The number of rotatable bonds is 3. The molecular formula is C22H34N2O. The van der Waals surface area contributed by atoms with E-state index >= 15 is 0 Å². The summed E-state index contributed by atoms with van der Waals surface area (Å²) in [5.41, 5.74) is 2.34. The predicted octanol–water partition coefficient (Wildman–Crippen LogP) is 5.94. The standard InChI is InChI=1S/C22H34N2O/c1-19-13-11-12-14-20(19)17-18-23-22(25)24-21-15-9-7-5-3-2-4-6-8-10-16-21/h11-14,17-18,21H,2-10,15-16H2,1H3,(H2,23,24,25)/b18-17+. The van der Waals surface area contributed by atoms with Gasteiger partial charge in [-0.15, -0.1) is 0 Å². The van der Waals surface area contributed by atoms with Gasteiger partial charge in [-0.2, -0.15) is 0 Å². The monoisotopic (exact) mass is 342 g/mol. The summed E-state index contributed by atoms with van der Waals surface area (Å²) in [7, 11) is 0. The van der Waals surface area contributed by atoms with Crippen LogP contribution >= 0.6 is 0 Å². The van der Waals surface area contributed by atoms with Crippen molar-refractivity contribution in [2.45, 2.75) is 83.6 Å². The maximum Gasteiger partial charge on any atom is 0.318 e. The SMILES string of the molecule is Cc1ccccc1/C=C/NC(=O)NC1CCCCCCCCCCC1. The minimum Gasteiger partial charge on any atom is -0.335 e. The number of amides is 2. The highest BCUT2D eigenvalue weighted by atomic mass is 16.2. The zero-order chi connectivity index (χ0) is 17.7. The molecule has 1 aromatic carbocycles. The van der Waals surface area contributed by atoms with Gasteiger partial charge >= 0.3 is 6.03 Å². The number of hydrogen-bond donors (Lipinski definition) is 2. The molecule has 0 unspecified atom stereocenters. The fourth-order valence-corrected chi connectivity index (χ4v) is 3.52. The molecule has 1 aliphatic carbocycles. The molecule has 3 nitrogen and oxygen atoms in total. The van der Waals surface area contributed by atoms with Crippen LogP contribution in [0.1, 0.15) is 81.8 Å². The molecule has 1 aromatic rings. The van der Waals surface area contributed by atoms with Crippen LogP contribution in [0.4, 0.5) is 4.79 Å². The third kappa shape index (κ3) is 8.24. The van der Waals surface area contributed by atoms with Crippen LogP contribution in [0.5, 0.6) is 0 Å². The van der Waals surface area contributed by atoms with Crippen molar-refractivity contribution in [2.75, 3.05) is 0 Å². The van der Waals surface area contributed by atoms with Crippen LogP contribution in [0.15, 0.2) is 30.5 Å². The summed E-state index contributed by atoms with van der Waals surface area (Å²) in [6, 6.07) is 8.39. The van der Waals surface area contributed by atoms with E-state index < -0.39 is 0 Å². The summed E-state index contributed by atoms with van der Waals surface area (Å²) >= 11 is 0. The molecule has 0 atom stereocenters. The van der Waals surface area contributed by atoms with Gasteiger partial charge in [0.25, 0.3) is 0 Å².